The Bertz CT molecular complexity index is 388. The number of carbonyl (C=O) groups excluding carboxylic acids is 1. The average molecular weight is 263 g/mol. The van der Waals surface area contributed by atoms with Crippen LogP contribution in [0.2, 0.25) is 0 Å². The number of hydrogen-bond donors (Lipinski definition) is 1. The highest BCUT2D eigenvalue weighted by Crippen LogP contribution is 2.13. The van der Waals surface area contributed by atoms with E-state index >= 15 is 0 Å². The summed E-state index contributed by atoms with van der Waals surface area (Å²) in [5.74, 6) is 1.68. The van der Waals surface area contributed by atoms with Gasteiger partial charge in [0.25, 0.3) is 0 Å². The molecular weight excluding hydrogens is 238 g/mol. The van der Waals surface area contributed by atoms with Gasteiger partial charge < -0.3 is 10.1 Å². The summed E-state index contributed by atoms with van der Waals surface area (Å²) in [5.41, 5.74) is 1.14. The van der Waals surface area contributed by atoms with Gasteiger partial charge in [0, 0.05) is 13.0 Å². The first-order valence-corrected chi connectivity index (χ1v) is 7.01. The normalized spacial score (nSPS) is 10.5. The molecule has 1 aromatic carbocycles. The van der Waals surface area contributed by atoms with E-state index < -0.39 is 0 Å². The van der Waals surface area contributed by atoms with Crippen molar-refractivity contribution in [2.75, 3.05) is 13.7 Å². The SMILES string of the molecule is COc1cccc(CCC(=O)NCCCC(C)C)c1. The first-order valence-electron chi connectivity index (χ1n) is 7.01. The predicted molar refractivity (Wildman–Crippen MR) is 78.4 cm³/mol. The fraction of sp³-hybridized carbons (Fsp3) is 0.562. The molecule has 106 valence electrons. The van der Waals surface area contributed by atoms with Crippen molar-refractivity contribution in [2.24, 2.45) is 5.92 Å². The van der Waals surface area contributed by atoms with Gasteiger partial charge >= 0.3 is 0 Å². The Morgan fingerprint density at radius 3 is 2.84 bits per heavy atom. The van der Waals surface area contributed by atoms with Gasteiger partial charge in [-0.3, -0.25) is 4.79 Å². The highest BCUT2D eigenvalue weighted by atomic mass is 16.5. The van der Waals surface area contributed by atoms with Gasteiger partial charge in [-0.05, 0) is 42.9 Å². The fourth-order valence-corrected chi connectivity index (χ4v) is 1.91. The molecule has 0 aromatic heterocycles. The molecule has 1 aromatic rings. The van der Waals surface area contributed by atoms with Gasteiger partial charge in [0.05, 0.1) is 7.11 Å². The van der Waals surface area contributed by atoms with Crippen LogP contribution in [-0.4, -0.2) is 19.6 Å². The Morgan fingerprint density at radius 2 is 2.16 bits per heavy atom. The summed E-state index contributed by atoms with van der Waals surface area (Å²) in [4.78, 5) is 11.7. The lowest BCUT2D eigenvalue weighted by Gasteiger charge is -2.07. The number of hydrogen-bond acceptors (Lipinski definition) is 2. The molecule has 0 aliphatic heterocycles. The standard InChI is InChI=1S/C16H25NO2/c1-13(2)6-5-11-17-16(18)10-9-14-7-4-8-15(12-14)19-3/h4,7-8,12-13H,5-6,9-11H2,1-3H3,(H,17,18). The lowest BCUT2D eigenvalue weighted by atomic mass is 10.1. The molecule has 0 unspecified atom stereocenters. The molecule has 0 aliphatic carbocycles. The van der Waals surface area contributed by atoms with E-state index in [1.54, 1.807) is 7.11 Å². The van der Waals surface area contributed by atoms with Crippen molar-refractivity contribution in [3.63, 3.8) is 0 Å². The Balaban J connectivity index is 2.22. The molecule has 3 nitrogen and oxygen atoms in total. The van der Waals surface area contributed by atoms with Gasteiger partial charge in [0.15, 0.2) is 0 Å². The van der Waals surface area contributed by atoms with Crippen LogP contribution < -0.4 is 10.1 Å². The molecule has 19 heavy (non-hydrogen) atoms. The molecule has 0 saturated carbocycles. The summed E-state index contributed by atoms with van der Waals surface area (Å²) in [6.45, 7) is 5.18. The Labute approximate surface area is 116 Å². The van der Waals surface area contributed by atoms with Crippen LogP contribution in [0.15, 0.2) is 24.3 Å². The monoisotopic (exact) mass is 263 g/mol. The van der Waals surface area contributed by atoms with Gasteiger partial charge in [0.1, 0.15) is 5.75 Å². The van der Waals surface area contributed by atoms with Crippen molar-refractivity contribution in [1.82, 2.24) is 5.32 Å². The first-order chi connectivity index (χ1) is 9.11. The van der Waals surface area contributed by atoms with E-state index in [4.69, 9.17) is 4.74 Å². The minimum Gasteiger partial charge on any atom is -0.497 e. The van der Waals surface area contributed by atoms with Crippen molar-refractivity contribution < 1.29 is 9.53 Å². The molecule has 0 saturated heterocycles. The summed E-state index contributed by atoms with van der Waals surface area (Å²) in [7, 11) is 1.65. The average Bonchev–Trinajstić information content (AvgIpc) is 2.41. The minimum absolute atomic E-state index is 0.131. The third-order valence-electron chi connectivity index (χ3n) is 3.06. The van der Waals surface area contributed by atoms with Crippen LogP contribution in [0.5, 0.6) is 5.75 Å². The molecule has 1 N–H and O–H groups in total. The maximum absolute atomic E-state index is 11.7. The third kappa shape index (κ3) is 6.85. The summed E-state index contributed by atoms with van der Waals surface area (Å²) in [5, 5.41) is 2.97. The van der Waals surface area contributed by atoms with Gasteiger partial charge in [-0.1, -0.05) is 26.0 Å². The van der Waals surface area contributed by atoms with Crippen molar-refractivity contribution in [3.8, 4) is 5.75 Å². The van der Waals surface area contributed by atoms with Crippen LogP contribution in [0.3, 0.4) is 0 Å². The van der Waals surface area contributed by atoms with Gasteiger partial charge in [-0.2, -0.15) is 0 Å². The Kier molecular flexibility index (Phi) is 7.01. The van der Waals surface area contributed by atoms with Gasteiger partial charge in [-0.15, -0.1) is 0 Å². The number of aryl methyl sites for hydroxylation is 1. The van der Waals surface area contributed by atoms with Crippen LogP contribution in [0, 0.1) is 5.92 Å². The van der Waals surface area contributed by atoms with Crippen LogP contribution in [0.1, 0.15) is 38.7 Å². The van der Waals surface area contributed by atoms with E-state index in [9.17, 15) is 4.79 Å². The number of ether oxygens (including phenoxy) is 1. The van der Waals surface area contributed by atoms with E-state index in [1.165, 1.54) is 0 Å². The van der Waals surface area contributed by atoms with Crippen LogP contribution in [0.25, 0.3) is 0 Å². The zero-order chi connectivity index (χ0) is 14.1. The molecule has 1 rings (SSSR count). The molecule has 0 heterocycles. The predicted octanol–water partition coefficient (Wildman–Crippen LogP) is 3.18. The first kappa shape index (κ1) is 15.5. The van der Waals surface area contributed by atoms with Crippen molar-refractivity contribution >= 4 is 5.91 Å². The number of methoxy groups -OCH3 is 1. The second-order valence-electron chi connectivity index (χ2n) is 5.24. The van der Waals surface area contributed by atoms with Crippen LogP contribution in [0.4, 0.5) is 0 Å². The lowest BCUT2D eigenvalue weighted by molar-refractivity contribution is -0.121. The second-order valence-corrected chi connectivity index (χ2v) is 5.24. The molecule has 0 radical (unpaired) electrons. The van der Waals surface area contributed by atoms with Crippen LogP contribution in [-0.2, 0) is 11.2 Å². The molecule has 0 bridgehead atoms. The maximum Gasteiger partial charge on any atom is 0.220 e. The van der Waals surface area contributed by atoms with Crippen LogP contribution >= 0.6 is 0 Å². The number of nitrogens with one attached hydrogen (secondary N) is 1. The Morgan fingerprint density at radius 1 is 1.37 bits per heavy atom. The lowest BCUT2D eigenvalue weighted by Crippen LogP contribution is -2.24. The fourth-order valence-electron chi connectivity index (χ4n) is 1.91. The molecule has 0 fully saturated rings. The van der Waals surface area contributed by atoms with E-state index in [0.717, 1.165) is 37.1 Å². The van der Waals surface area contributed by atoms with E-state index in [-0.39, 0.29) is 5.91 Å². The number of carbonyl (C=O) groups is 1. The topological polar surface area (TPSA) is 38.3 Å². The highest BCUT2D eigenvalue weighted by molar-refractivity contribution is 5.76. The van der Waals surface area contributed by atoms with Crippen molar-refractivity contribution in [2.45, 2.75) is 39.5 Å². The summed E-state index contributed by atoms with van der Waals surface area (Å²) < 4.78 is 5.16. The molecule has 0 spiro atoms. The summed E-state index contributed by atoms with van der Waals surface area (Å²) in [6.07, 6.45) is 3.51. The summed E-state index contributed by atoms with van der Waals surface area (Å²) >= 11 is 0. The van der Waals surface area contributed by atoms with Gasteiger partial charge in [0.2, 0.25) is 5.91 Å². The van der Waals surface area contributed by atoms with E-state index in [1.807, 2.05) is 24.3 Å². The van der Waals surface area contributed by atoms with Crippen molar-refractivity contribution in [3.05, 3.63) is 29.8 Å². The zero-order valence-corrected chi connectivity index (χ0v) is 12.2. The molecule has 3 heteroatoms. The quantitative estimate of drug-likeness (QED) is 0.732. The number of benzene rings is 1. The second kappa shape index (κ2) is 8.57. The smallest absolute Gasteiger partial charge is 0.220 e. The van der Waals surface area contributed by atoms with Crippen molar-refractivity contribution in [1.29, 1.82) is 0 Å². The van der Waals surface area contributed by atoms with E-state index in [2.05, 4.69) is 19.2 Å². The largest absolute Gasteiger partial charge is 0.497 e. The molecular formula is C16H25NO2. The van der Waals surface area contributed by atoms with E-state index in [0.29, 0.717) is 12.3 Å². The zero-order valence-electron chi connectivity index (χ0n) is 12.2. The maximum atomic E-state index is 11.7. The third-order valence-corrected chi connectivity index (χ3v) is 3.06. The Hall–Kier alpha value is -1.51. The number of amides is 1. The molecule has 0 atom stereocenters. The molecule has 1 amide bonds. The molecule has 0 aliphatic rings. The minimum atomic E-state index is 0.131. The van der Waals surface area contributed by atoms with Gasteiger partial charge in [-0.25, -0.2) is 0 Å². The summed E-state index contributed by atoms with van der Waals surface area (Å²) in [6, 6.07) is 7.87. The highest BCUT2D eigenvalue weighted by Gasteiger charge is 2.03. The number of rotatable bonds is 8.